The molecule has 0 radical (unpaired) electrons. The molecule has 122 valence electrons. The van der Waals surface area contributed by atoms with Crippen molar-refractivity contribution in [1.82, 2.24) is 14.9 Å². The topological polar surface area (TPSA) is 64.6 Å². The van der Waals surface area contributed by atoms with E-state index in [4.69, 9.17) is 9.47 Å². The van der Waals surface area contributed by atoms with Crippen molar-refractivity contribution >= 4 is 17.2 Å². The summed E-state index contributed by atoms with van der Waals surface area (Å²) in [4.78, 5) is 22.5. The van der Waals surface area contributed by atoms with Crippen LogP contribution >= 0.6 is 11.3 Å². The van der Waals surface area contributed by atoms with Gasteiger partial charge in [-0.25, -0.2) is 9.97 Å². The molecule has 1 amide bonds. The first-order valence-electron chi connectivity index (χ1n) is 7.57. The van der Waals surface area contributed by atoms with Crippen LogP contribution in [0, 0.1) is 0 Å². The minimum absolute atomic E-state index is 0.0826. The minimum atomic E-state index is -0.0826. The minimum Gasteiger partial charge on any atom is -0.477 e. The maximum Gasteiger partial charge on any atom is 0.278 e. The molecule has 0 aromatic carbocycles. The molecule has 2 aromatic rings. The first kappa shape index (κ1) is 15.7. The molecule has 1 fully saturated rings. The van der Waals surface area contributed by atoms with Gasteiger partial charge < -0.3 is 14.4 Å². The third-order valence-electron chi connectivity index (χ3n) is 3.77. The summed E-state index contributed by atoms with van der Waals surface area (Å²) in [6.07, 6.45) is 5.30. The lowest BCUT2D eigenvalue weighted by Gasteiger charge is -2.32. The molecule has 1 atom stereocenters. The summed E-state index contributed by atoms with van der Waals surface area (Å²) >= 11 is 1.61. The molecule has 0 saturated carbocycles. The van der Waals surface area contributed by atoms with Gasteiger partial charge in [-0.1, -0.05) is 0 Å². The Morgan fingerprint density at radius 2 is 2.22 bits per heavy atom. The summed E-state index contributed by atoms with van der Waals surface area (Å²) in [5, 5.41) is 4.01. The normalized spacial score (nSPS) is 17.8. The van der Waals surface area contributed by atoms with E-state index in [0.717, 1.165) is 24.9 Å². The number of nitrogens with zero attached hydrogens (tertiary/aromatic N) is 3. The monoisotopic (exact) mass is 333 g/mol. The van der Waals surface area contributed by atoms with Crippen LogP contribution in [-0.4, -0.2) is 47.1 Å². The second kappa shape index (κ2) is 7.41. The summed E-state index contributed by atoms with van der Waals surface area (Å²) < 4.78 is 11.1. The van der Waals surface area contributed by atoms with Gasteiger partial charge in [-0.3, -0.25) is 4.79 Å². The maximum absolute atomic E-state index is 12.4. The zero-order valence-electron chi connectivity index (χ0n) is 13.0. The van der Waals surface area contributed by atoms with Crippen LogP contribution in [0.1, 0.15) is 18.4 Å². The van der Waals surface area contributed by atoms with E-state index in [1.807, 2.05) is 21.7 Å². The highest BCUT2D eigenvalue weighted by Gasteiger charge is 2.26. The number of ether oxygens (including phenoxy) is 2. The van der Waals surface area contributed by atoms with E-state index in [0.29, 0.717) is 24.7 Å². The number of amides is 1. The van der Waals surface area contributed by atoms with E-state index in [1.54, 1.807) is 23.7 Å². The highest BCUT2D eigenvalue weighted by Crippen LogP contribution is 2.24. The number of methoxy groups -OCH3 is 1. The van der Waals surface area contributed by atoms with Crippen LogP contribution in [0.25, 0.3) is 0 Å². The highest BCUT2D eigenvalue weighted by molar-refractivity contribution is 7.07. The first-order chi connectivity index (χ1) is 11.3. The van der Waals surface area contributed by atoms with Crippen LogP contribution in [0.15, 0.2) is 29.2 Å². The quantitative estimate of drug-likeness (QED) is 0.839. The average molecular weight is 333 g/mol. The van der Waals surface area contributed by atoms with E-state index in [9.17, 15) is 4.79 Å². The first-order valence-corrected chi connectivity index (χ1v) is 8.51. The fourth-order valence-electron chi connectivity index (χ4n) is 2.63. The lowest BCUT2D eigenvalue weighted by molar-refractivity contribution is -0.133. The number of thiophene rings is 1. The highest BCUT2D eigenvalue weighted by atomic mass is 32.1. The van der Waals surface area contributed by atoms with E-state index >= 15 is 0 Å². The summed E-state index contributed by atoms with van der Waals surface area (Å²) in [5.41, 5.74) is 1.07. The van der Waals surface area contributed by atoms with Crippen molar-refractivity contribution in [2.45, 2.75) is 25.4 Å². The van der Waals surface area contributed by atoms with Gasteiger partial charge in [0.25, 0.3) is 11.8 Å². The van der Waals surface area contributed by atoms with Crippen LogP contribution in [0.2, 0.25) is 0 Å². The van der Waals surface area contributed by atoms with Gasteiger partial charge in [0.15, 0.2) is 0 Å². The van der Waals surface area contributed by atoms with Crippen molar-refractivity contribution in [2.75, 3.05) is 20.2 Å². The van der Waals surface area contributed by atoms with E-state index in [1.165, 1.54) is 7.11 Å². The van der Waals surface area contributed by atoms with E-state index in [2.05, 4.69) is 9.97 Å². The Kier molecular flexibility index (Phi) is 5.07. The Labute approximate surface area is 139 Å². The van der Waals surface area contributed by atoms with Crippen molar-refractivity contribution in [2.24, 2.45) is 0 Å². The zero-order valence-corrected chi connectivity index (χ0v) is 13.8. The molecule has 0 spiro atoms. The number of hydrogen-bond donors (Lipinski definition) is 0. The van der Waals surface area contributed by atoms with Gasteiger partial charge in [-0.05, 0) is 35.2 Å². The number of piperidine rings is 1. The molecule has 1 aliphatic heterocycles. The van der Waals surface area contributed by atoms with Crippen molar-refractivity contribution < 1.29 is 14.3 Å². The van der Waals surface area contributed by atoms with Gasteiger partial charge >= 0.3 is 0 Å². The van der Waals surface area contributed by atoms with E-state index < -0.39 is 0 Å². The summed E-state index contributed by atoms with van der Waals surface area (Å²) in [6, 6.07) is 1.99. The molecular weight excluding hydrogens is 314 g/mol. The van der Waals surface area contributed by atoms with Gasteiger partial charge in [0.1, 0.15) is 6.10 Å². The molecule has 0 N–H and O–H groups in total. The predicted molar refractivity (Wildman–Crippen MR) is 86.8 cm³/mol. The molecule has 7 heteroatoms. The number of carbonyl (C=O) groups is 1. The molecule has 23 heavy (non-hydrogen) atoms. The van der Waals surface area contributed by atoms with Gasteiger partial charge in [-0.15, -0.1) is 0 Å². The number of carbonyl (C=O) groups excluding carboxylic acids is 1. The van der Waals surface area contributed by atoms with Gasteiger partial charge in [0.05, 0.1) is 20.1 Å². The Morgan fingerprint density at radius 3 is 2.96 bits per heavy atom. The van der Waals surface area contributed by atoms with Gasteiger partial charge in [-0.2, -0.15) is 11.3 Å². The Hall–Kier alpha value is -2.15. The number of likely N-dealkylation sites (tertiary alicyclic amines) is 1. The molecule has 1 unspecified atom stereocenters. The van der Waals surface area contributed by atoms with Crippen molar-refractivity contribution in [3.8, 4) is 11.8 Å². The number of aromatic nitrogens is 2. The molecule has 6 nitrogen and oxygen atoms in total. The predicted octanol–water partition coefficient (Wildman–Crippen LogP) is 2.16. The third kappa shape index (κ3) is 3.98. The lowest BCUT2D eigenvalue weighted by atomic mass is 10.1. The molecule has 2 aromatic heterocycles. The molecule has 3 rings (SSSR count). The standard InChI is InChI=1S/C16H19N3O3S/c1-21-15-16(18-6-5-17-15)22-13-3-2-7-19(10-13)14(20)9-12-4-8-23-11-12/h4-6,8,11,13H,2-3,7,9-10H2,1H3. The summed E-state index contributed by atoms with van der Waals surface area (Å²) in [7, 11) is 1.54. The second-order valence-electron chi connectivity index (χ2n) is 5.40. The van der Waals surface area contributed by atoms with E-state index in [-0.39, 0.29) is 12.0 Å². The van der Waals surface area contributed by atoms with Crippen LogP contribution in [0.4, 0.5) is 0 Å². The van der Waals surface area contributed by atoms with Gasteiger partial charge in [0.2, 0.25) is 5.91 Å². The van der Waals surface area contributed by atoms with Crippen LogP contribution in [0.3, 0.4) is 0 Å². The lowest BCUT2D eigenvalue weighted by Crippen LogP contribution is -2.45. The van der Waals surface area contributed by atoms with Crippen molar-refractivity contribution in [3.63, 3.8) is 0 Å². The Morgan fingerprint density at radius 1 is 1.39 bits per heavy atom. The SMILES string of the molecule is COc1nccnc1OC1CCCN(C(=O)Cc2ccsc2)C1. The fraction of sp³-hybridized carbons (Fsp3) is 0.438. The number of hydrogen-bond acceptors (Lipinski definition) is 6. The molecule has 1 aliphatic rings. The zero-order chi connectivity index (χ0) is 16.1. The van der Waals surface area contributed by atoms with Crippen LogP contribution in [0.5, 0.6) is 11.8 Å². The van der Waals surface area contributed by atoms with Crippen LogP contribution < -0.4 is 9.47 Å². The average Bonchev–Trinajstić information content (AvgIpc) is 3.08. The Bertz CT molecular complexity index is 648. The smallest absolute Gasteiger partial charge is 0.278 e. The maximum atomic E-state index is 12.4. The van der Waals surface area contributed by atoms with Crippen LogP contribution in [-0.2, 0) is 11.2 Å². The third-order valence-corrected chi connectivity index (χ3v) is 4.50. The molecule has 0 bridgehead atoms. The van der Waals surface area contributed by atoms with Gasteiger partial charge in [0, 0.05) is 18.9 Å². The summed E-state index contributed by atoms with van der Waals surface area (Å²) in [6.45, 7) is 1.35. The van der Waals surface area contributed by atoms with Crippen molar-refractivity contribution in [3.05, 3.63) is 34.8 Å². The Balaban J connectivity index is 1.60. The summed E-state index contributed by atoms with van der Waals surface area (Å²) in [5.74, 6) is 0.893. The fourth-order valence-corrected chi connectivity index (χ4v) is 3.30. The molecular formula is C16H19N3O3S. The largest absolute Gasteiger partial charge is 0.477 e. The molecule has 3 heterocycles. The van der Waals surface area contributed by atoms with Crippen molar-refractivity contribution in [1.29, 1.82) is 0 Å². The molecule has 0 aliphatic carbocycles. The molecule has 1 saturated heterocycles. The second-order valence-corrected chi connectivity index (χ2v) is 6.18. The number of rotatable bonds is 5.